The molecule has 0 aromatic heterocycles. The van der Waals surface area contributed by atoms with E-state index in [-0.39, 0.29) is 6.61 Å². The first-order valence-electron chi connectivity index (χ1n) is 10.4. The molecule has 0 bridgehead atoms. The van der Waals surface area contributed by atoms with Crippen LogP contribution in [-0.2, 0) is 18.9 Å². The van der Waals surface area contributed by atoms with Gasteiger partial charge in [0.2, 0.25) is 6.29 Å². The van der Waals surface area contributed by atoms with Gasteiger partial charge in [-0.05, 0) is 29.9 Å². The number of carbonyl (C=O) groups is 1. The molecule has 33 heavy (non-hydrogen) atoms. The smallest absolute Gasteiger partial charge is 0.338 e. The van der Waals surface area contributed by atoms with Gasteiger partial charge in [-0.2, -0.15) is 0 Å². The number of benzene rings is 1. The maximum Gasteiger partial charge on any atom is 0.338 e. The molecular formula is C22H26O11. The predicted molar refractivity (Wildman–Crippen MR) is 108 cm³/mol. The maximum atomic E-state index is 12.3. The van der Waals surface area contributed by atoms with E-state index in [0.29, 0.717) is 11.1 Å². The second-order valence-corrected chi connectivity index (χ2v) is 8.13. The van der Waals surface area contributed by atoms with Gasteiger partial charge in [0.05, 0.1) is 24.4 Å². The van der Waals surface area contributed by atoms with Crippen molar-refractivity contribution in [1.82, 2.24) is 0 Å². The number of rotatable bonds is 6. The Kier molecular flexibility index (Phi) is 6.84. The summed E-state index contributed by atoms with van der Waals surface area (Å²) in [5.74, 6) is -1.67. The fourth-order valence-corrected chi connectivity index (χ4v) is 4.19. The number of hydrogen-bond acceptors (Lipinski definition) is 11. The van der Waals surface area contributed by atoms with Gasteiger partial charge in [-0.15, -0.1) is 0 Å². The average Bonchev–Trinajstić information content (AvgIpc) is 3.08. The van der Waals surface area contributed by atoms with Crippen molar-refractivity contribution in [2.45, 2.75) is 48.7 Å². The first-order valence-corrected chi connectivity index (χ1v) is 10.4. The van der Waals surface area contributed by atoms with E-state index >= 15 is 0 Å². The molecule has 1 fully saturated rings. The lowest BCUT2D eigenvalue weighted by atomic mass is 9.83. The number of fused-ring (bicyclic) bond motifs is 1. The molecule has 11 heteroatoms. The first-order chi connectivity index (χ1) is 15.8. The van der Waals surface area contributed by atoms with Crippen molar-refractivity contribution in [2.75, 3.05) is 13.2 Å². The van der Waals surface area contributed by atoms with Gasteiger partial charge in [-0.3, -0.25) is 0 Å². The second kappa shape index (κ2) is 9.49. The first kappa shape index (κ1) is 23.8. The van der Waals surface area contributed by atoms with E-state index < -0.39 is 67.2 Å². The minimum Gasteiger partial charge on any atom is -0.472 e. The molecule has 0 amide bonds. The molecule has 2 heterocycles. The van der Waals surface area contributed by atoms with Crippen molar-refractivity contribution in [1.29, 1.82) is 0 Å². The highest BCUT2D eigenvalue weighted by molar-refractivity contribution is 5.89. The molecule has 6 N–H and O–H groups in total. The Morgan fingerprint density at radius 3 is 2.45 bits per heavy atom. The summed E-state index contributed by atoms with van der Waals surface area (Å²) in [4.78, 5) is 12.3. The van der Waals surface area contributed by atoms with Gasteiger partial charge in [-0.25, -0.2) is 4.79 Å². The molecule has 11 nitrogen and oxygen atoms in total. The summed E-state index contributed by atoms with van der Waals surface area (Å²) < 4.78 is 21.8. The van der Waals surface area contributed by atoms with Gasteiger partial charge in [0.15, 0.2) is 6.29 Å². The molecule has 4 rings (SSSR count). The van der Waals surface area contributed by atoms with E-state index in [4.69, 9.17) is 18.9 Å². The lowest BCUT2D eigenvalue weighted by Gasteiger charge is -2.44. The monoisotopic (exact) mass is 466 g/mol. The molecule has 9 atom stereocenters. The van der Waals surface area contributed by atoms with Gasteiger partial charge >= 0.3 is 5.97 Å². The molecular weight excluding hydrogens is 440 g/mol. The molecule has 1 aromatic carbocycles. The summed E-state index contributed by atoms with van der Waals surface area (Å²) in [7, 11) is 0. The number of ether oxygens (including phenoxy) is 4. The third-order valence-corrected chi connectivity index (χ3v) is 6.06. The molecule has 0 saturated carbocycles. The molecule has 1 aromatic rings. The number of hydrogen-bond donors (Lipinski definition) is 6. The number of carbonyl (C=O) groups excluding carboxylic acids is 1. The Bertz CT molecular complexity index is 901. The Balaban J connectivity index is 1.50. The van der Waals surface area contributed by atoms with Crippen molar-refractivity contribution in [2.24, 2.45) is 5.92 Å². The molecule has 180 valence electrons. The van der Waals surface area contributed by atoms with Crippen LogP contribution in [0.4, 0.5) is 0 Å². The van der Waals surface area contributed by atoms with Crippen LogP contribution in [0.1, 0.15) is 10.4 Å². The predicted octanol–water partition coefficient (Wildman–Crippen LogP) is -1.82. The van der Waals surface area contributed by atoms with E-state index in [1.165, 1.54) is 12.2 Å². The van der Waals surface area contributed by atoms with Crippen LogP contribution in [-0.4, -0.2) is 98.5 Å². The number of esters is 1. The van der Waals surface area contributed by atoms with Crippen molar-refractivity contribution < 1.29 is 54.4 Å². The van der Waals surface area contributed by atoms with E-state index in [9.17, 15) is 35.4 Å². The Hall–Kier alpha value is -2.35. The fraction of sp³-hybridized carbons (Fsp3) is 0.500. The standard InChI is InChI=1S/C22H26O11/c23-9-13-16(25)17(26)18(27)21(32-13)33-20-15-12(8-14(24)22(15,29)6-7-30-20)10-31-19(28)11-4-2-1-3-5-11/h1-8,13-18,20-21,23-27,29H,9-10H2/t13-,14-,15+,16-,17+,18-,20+,21+,22-/m1/s1. The SMILES string of the molecule is O=C(OCC1=C[C@@H](O)[C@]2(O)C=CO[C@@H](O[C@@H]3O[C@H](CO)[C@@H](O)[C@H](O)[C@H]3O)[C@H]12)c1ccccc1. The summed E-state index contributed by atoms with van der Waals surface area (Å²) in [5, 5.41) is 61.1. The topological polar surface area (TPSA) is 175 Å². The molecule has 3 aliphatic rings. The summed E-state index contributed by atoms with van der Waals surface area (Å²) in [5.41, 5.74) is -1.24. The van der Waals surface area contributed by atoms with Crippen LogP contribution >= 0.6 is 0 Å². The quantitative estimate of drug-likeness (QED) is 0.206. The van der Waals surface area contributed by atoms with E-state index in [2.05, 4.69) is 0 Å². The molecule has 1 saturated heterocycles. The Morgan fingerprint density at radius 2 is 1.76 bits per heavy atom. The van der Waals surface area contributed by atoms with Crippen LogP contribution in [0.15, 0.2) is 54.3 Å². The van der Waals surface area contributed by atoms with Crippen LogP contribution in [0.5, 0.6) is 0 Å². The third kappa shape index (κ3) is 4.42. The van der Waals surface area contributed by atoms with Crippen molar-refractivity contribution in [3.05, 3.63) is 59.9 Å². The van der Waals surface area contributed by atoms with E-state index in [1.54, 1.807) is 30.3 Å². The molecule has 1 aliphatic carbocycles. The summed E-state index contributed by atoms with van der Waals surface area (Å²) >= 11 is 0. The summed E-state index contributed by atoms with van der Waals surface area (Å²) in [6.07, 6.45) is -6.71. The van der Waals surface area contributed by atoms with Gasteiger partial charge in [0.25, 0.3) is 0 Å². The fourth-order valence-electron chi connectivity index (χ4n) is 4.19. The molecule has 2 aliphatic heterocycles. The Labute approximate surface area is 188 Å². The van der Waals surface area contributed by atoms with Crippen LogP contribution in [0.3, 0.4) is 0 Å². The highest BCUT2D eigenvalue weighted by Gasteiger charge is 2.56. The van der Waals surface area contributed by atoms with Gasteiger partial charge in [0.1, 0.15) is 42.7 Å². The van der Waals surface area contributed by atoms with Crippen LogP contribution in [0.2, 0.25) is 0 Å². The highest BCUT2D eigenvalue weighted by Crippen LogP contribution is 2.44. The zero-order chi connectivity index (χ0) is 23.8. The van der Waals surface area contributed by atoms with Crippen molar-refractivity contribution in [3.63, 3.8) is 0 Å². The zero-order valence-electron chi connectivity index (χ0n) is 17.4. The third-order valence-electron chi connectivity index (χ3n) is 6.06. The van der Waals surface area contributed by atoms with Crippen LogP contribution < -0.4 is 0 Å². The molecule has 0 spiro atoms. The second-order valence-electron chi connectivity index (χ2n) is 8.13. The number of aliphatic hydroxyl groups excluding tert-OH is 5. The van der Waals surface area contributed by atoms with E-state index in [0.717, 1.165) is 6.26 Å². The lowest BCUT2D eigenvalue weighted by Crippen LogP contribution is -2.61. The Morgan fingerprint density at radius 1 is 1.03 bits per heavy atom. The van der Waals surface area contributed by atoms with Crippen LogP contribution in [0, 0.1) is 5.92 Å². The average molecular weight is 466 g/mol. The molecule has 0 radical (unpaired) electrons. The normalized spacial score (nSPS) is 40.0. The van der Waals surface area contributed by atoms with E-state index in [1.807, 2.05) is 0 Å². The molecule has 0 unspecified atom stereocenters. The summed E-state index contributed by atoms with van der Waals surface area (Å²) in [6.45, 7) is -0.938. The number of aliphatic hydroxyl groups is 6. The summed E-state index contributed by atoms with van der Waals surface area (Å²) in [6, 6.07) is 8.26. The lowest BCUT2D eigenvalue weighted by molar-refractivity contribution is -0.344. The minimum atomic E-state index is -1.86. The highest BCUT2D eigenvalue weighted by atomic mass is 16.8. The van der Waals surface area contributed by atoms with Crippen molar-refractivity contribution in [3.8, 4) is 0 Å². The van der Waals surface area contributed by atoms with Gasteiger partial charge < -0.3 is 49.6 Å². The van der Waals surface area contributed by atoms with Crippen LogP contribution in [0.25, 0.3) is 0 Å². The van der Waals surface area contributed by atoms with Crippen molar-refractivity contribution >= 4 is 5.97 Å². The van der Waals surface area contributed by atoms with Gasteiger partial charge in [-0.1, -0.05) is 18.2 Å². The zero-order valence-corrected chi connectivity index (χ0v) is 17.4. The minimum absolute atomic E-state index is 0.288. The largest absolute Gasteiger partial charge is 0.472 e. The maximum absolute atomic E-state index is 12.3. The van der Waals surface area contributed by atoms with Gasteiger partial charge in [0, 0.05) is 0 Å².